The molecule has 1 aromatic heterocycles. The van der Waals surface area contributed by atoms with Crippen LogP contribution in [0.25, 0.3) is 0 Å². The summed E-state index contributed by atoms with van der Waals surface area (Å²) in [7, 11) is 2.31. The molecule has 0 atom stereocenters. The van der Waals surface area contributed by atoms with Gasteiger partial charge in [-0.05, 0) is 99.6 Å². The standard InChI is InChI=1S/C14H19N.C12H18N2O.C2H4O2.CH4O/c1-2-6-14(12-7-8-12)13(5-1)11-15-9-3-4-10-15;15-9-2-1-5-11-7-6-10-4-3-8-13-12(10)14-11;1-4-2-3;1-2/h1-2,5-6,12H,3-4,7-11H2;6-7,15H,1-5,8-9H2,(H,13,14);2H,1H3;2H,1H3. The fourth-order valence-corrected chi connectivity index (χ4v) is 4.58. The number of hydrogen-bond acceptors (Lipinski definition) is 7. The van der Waals surface area contributed by atoms with Crippen LogP contribution < -0.4 is 5.32 Å². The van der Waals surface area contributed by atoms with Crippen LogP contribution in [0.1, 0.15) is 73.2 Å². The molecule has 36 heavy (non-hydrogen) atoms. The van der Waals surface area contributed by atoms with Gasteiger partial charge in [0.25, 0.3) is 6.47 Å². The number of aryl methyl sites for hydroxylation is 2. The molecule has 0 bridgehead atoms. The zero-order valence-corrected chi connectivity index (χ0v) is 22.1. The van der Waals surface area contributed by atoms with Crippen molar-refractivity contribution in [3.63, 3.8) is 0 Å². The highest BCUT2D eigenvalue weighted by Crippen LogP contribution is 2.41. The molecule has 0 radical (unpaired) electrons. The predicted octanol–water partition coefficient (Wildman–Crippen LogP) is 4.31. The molecule has 3 aliphatic rings. The van der Waals surface area contributed by atoms with Crippen molar-refractivity contribution in [3.05, 3.63) is 58.8 Å². The van der Waals surface area contributed by atoms with Gasteiger partial charge < -0.3 is 20.3 Å². The van der Waals surface area contributed by atoms with Gasteiger partial charge in [0.2, 0.25) is 0 Å². The summed E-state index contributed by atoms with van der Waals surface area (Å²) < 4.78 is 3.86. The fraction of sp³-hybridized carbons (Fsp3) is 0.586. The predicted molar refractivity (Wildman–Crippen MR) is 145 cm³/mol. The number of aliphatic hydroxyl groups is 2. The van der Waals surface area contributed by atoms with Crippen LogP contribution in [0.2, 0.25) is 0 Å². The van der Waals surface area contributed by atoms with Crippen LogP contribution in [0.15, 0.2) is 36.4 Å². The topological polar surface area (TPSA) is 94.9 Å². The van der Waals surface area contributed by atoms with Crippen LogP contribution in [-0.2, 0) is 28.9 Å². The van der Waals surface area contributed by atoms with Crippen LogP contribution in [0.3, 0.4) is 0 Å². The maximum Gasteiger partial charge on any atom is 0.292 e. The number of likely N-dealkylation sites (tertiary alicyclic amines) is 1. The van der Waals surface area contributed by atoms with E-state index in [1.807, 2.05) is 0 Å². The molecule has 0 amide bonds. The molecule has 200 valence electrons. The first-order valence-corrected chi connectivity index (χ1v) is 13.3. The number of nitrogens with zero attached hydrogens (tertiary/aromatic N) is 2. The largest absolute Gasteiger partial charge is 0.471 e. The minimum atomic E-state index is 0.281. The Morgan fingerprint density at radius 2 is 1.81 bits per heavy atom. The van der Waals surface area contributed by atoms with Gasteiger partial charge in [0, 0.05) is 32.5 Å². The summed E-state index contributed by atoms with van der Waals surface area (Å²) in [5.41, 5.74) is 5.69. The average molecular weight is 500 g/mol. The highest BCUT2D eigenvalue weighted by Gasteiger charge is 2.26. The van der Waals surface area contributed by atoms with Crippen molar-refractivity contribution < 1.29 is 19.7 Å². The number of hydrogen-bond donors (Lipinski definition) is 3. The molecule has 7 heteroatoms. The van der Waals surface area contributed by atoms with Crippen LogP contribution in [-0.4, -0.2) is 67.0 Å². The highest BCUT2D eigenvalue weighted by atomic mass is 16.5. The van der Waals surface area contributed by atoms with Gasteiger partial charge in [-0.15, -0.1) is 0 Å². The summed E-state index contributed by atoms with van der Waals surface area (Å²) in [5, 5.41) is 19.0. The van der Waals surface area contributed by atoms with E-state index in [2.05, 4.69) is 56.3 Å². The number of aromatic nitrogens is 1. The average Bonchev–Trinajstić information content (AvgIpc) is 3.66. The smallest absolute Gasteiger partial charge is 0.292 e. The lowest BCUT2D eigenvalue weighted by Gasteiger charge is -2.17. The van der Waals surface area contributed by atoms with Crippen molar-refractivity contribution in [1.82, 2.24) is 9.88 Å². The Labute approximate surface area is 216 Å². The van der Waals surface area contributed by atoms with E-state index < -0.39 is 0 Å². The third-order valence-corrected chi connectivity index (χ3v) is 6.55. The second-order valence-corrected chi connectivity index (χ2v) is 9.31. The Kier molecular flexibility index (Phi) is 14.8. The number of aliphatic hydroxyl groups excluding tert-OH is 2. The van der Waals surface area contributed by atoms with Gasteiger partial charge in [0.05, 0.1) is 7.11 Å². The van der Waals surface area contributed by atoms with Gasteiger partial charge in [-0.1, -0.05) is 30.3 Å². The van der Waals surface area contributed by atoms with Crippen molar-refractivity contribution in [2.24, 2.45) is 0 Å². The Balaban J connectivity index is 0.000000209. The summed E-state index contributed by atoms with van der Waals surface area (Å²) in [6, 6.07) is 13.3. The number of nitrogens with one attached hydrogen (secondary N) is 1. The number of carbonyl (C=O) groups excluding carboxylic acids is 1. The number of anilines is 1. The summed E-state index contributed by atoms with van der Waals surface area (Å²) in [5.74, 6) is 1.96. The normalized spacial score (nSPS) is 16.0. The first kappa shape index (κ1) is 29.7. The lowest BCUT2D eigenvalue weighted by atomic mass is 10.0. The van der Waals surface area contributed by atoms with E-state index in [1.54, 1.807) is 11.1 Å². The zero-order valence-electron chi connectivity index (χ0n) is 22.1. The van der Waals surface area contributed by atoms with Gasteiger partial charge in [-0.2, -0.15) is 0 Å². The molecule has 3 heterocycles. The first-order valence-electron chi connectivity index (χ1n) is 13.3. The minimum Gasteiger partial charge on any atom is -0.471 e. The molecule has 1 aromatic carbocycles. The van der Waals surface area contributed by atoms with Crippen molar-refractivity contribution in [3.8, 4) is 0 Å². The second-order valence-electron chi connectivity index (χ2n) is 9.31. The monoisotopic (exact) mass is 499 g/mol. The number of benzene rings is 1. The number of ether oxygens (including phenoxy) is 1. The fourth-order valence-electron chi connectivity index (χ4n) is 4.58. The molecule has 0 unspecified atom stereocenters. The molecule has 2 fully saturated rings. The molecule has 7 nitrogen and oxygen atoms in total. The number of unbranched alkanes of at least 4 members (excludes halogenated alkanes) is 1. The zero-order chi connectivity index (χ0) is 26.0. The maximum absolute atomic E-state index is 8.95. The first-order chi connectivity index (χ1) is 17.7. The van der Waals surface area contributed by atoms with Gasteiger partial charge in [0.15, 0.2) is 0 Å². The van der Waals surface area contributed by atoms with Gasteiger partial charge >= 0.3 is 0 Å². The Morgan fingerprint density at radius 3 is 2.47 bits per heavy atom. The van der Waals surface area contributed by atoms with Crippen molar-refractivity contribution in [2.75, 3.05) is 45.8 Å². The van der Waals surface area contributed by atoms with Crippen LogP contribution >= 0.6 is 0 Å². The second kappa shape index (κ2) is 17.9. The molecule has 1 saturated heterocycles. The molecule has 1 saturated carbocycles. The van der Waals surface area contributed by atoms with Crippen molar-refractivity contribution >= 4 is 12.3 Å². The van der Waals surface area contributed by atoms with Crippen molar-refractivity contribution in [2.45, 2.75) is 70.3 Å². The van der Waals surface area contributed by atoms with E-state index in [0.717, 1.165) is 56.8 Å². The van der Waals surface area contributed by atoms with Gasteiger partial charge in [-0.25, -0.2) is 4.98 Å². The highest BCUT2D eigenvalue weighted by molar-refractivity contribution is 5.47. The quantitative estimate of drug-likeness (QED) is 0.368. The van der Waals surface area contributed by atoms with Crippen molar-refractivity contribution in [1.29, 1.82) is 0 Å². The number of pyridine rings is 1. The van der Waals surface area contributed by atoms with E-state index in [0.29, 0.717) is 6.47 Å². The summed E-state index contributed by atoms with van der Waals surface area (Å²) in [6.07, 6.45) is 10.8. The third kappa shape index (κ3) is 10.6. The summed E-state index contributed by atoms with van der Waals surface area (Å²) in [4.78, 5) is 16.1. The van der Waals surface area contributed by atoms with Crippen LogP contribution in [0.4, 0.5) is 5.82 Å². The number of methoxy groups -OCH3 is 1. The maximum atomic E-state index is 8.95. The number of rotatable bonds is 8. The molecule has 0 spiro atoms. The SMILES string of the molecule is CO.COC=O.OCCCCc1ccc2c(n1)NCCC2.c1ccc(C2CC2)c(CN2CCCC2)c1. The Hall–Kier alpha value is -2.48. The van der Waals surface area contributed by atoms with Gasteiger partial charge in [-0.3, -0.25) is 9.69 Å². The Morgan fingerprint density at radius 1 is 1.08 bits per heavy atom. The molecular formula is C29H45N3O4. The third-order valence-electron chi connectivity index (χ3n) is 6.55. The Bertz CT molecular complexity index is 867. The van der Waals surface area contributed by atoms with E-state index in [1.165, 1.54) is 64.4 Å². The van der Waals surface area contributed by atoms with E-state index in [4.69, 9.17) is 15.0 Å². The van der Waals surface area contributed by atoms with Gasteiger partial charge in [0.1, 0.15) is 5.82 Å². The molecule has 3 N–H and O–H groups in total. The molecule has 1 aliphatic carbocycles. The molecule has 5 rings (SSSR count). The molecular weight excluding hydrogens is 454 g/mol. The van der Waals surface area contributed by atoms with E-state index >= 15 is 0 Å². The molecule has 2 aliphatic heterocycles. The number of fused-ring (bicyclic) bond motifs is 1. The number of carbonyl (C=O) groups is 1. The summed E-state index contributed by atoms with van der Waals surface area (Å²) in [6.45, 7) is 5.49. The summed E-state index contributed by atoms with van der Waals surface area (Å²) >= 11 is 0. The minimum absolute atomic E-state index is 0.281. The van der Waals surface area contributed by atoms with E-state index in [9.17, 15) is 0 Å². The van der Waals surface area contributed by atoms with E-state index in [-0.39, 0.29) is 6.61 Å². The van der Waals surface area contributed by atoms with Crippen LogP contribution in [0.5, 0.6) is 0 Å². The lowest BCUT2D eigenvalue weighted by Crippen LogP contribution is -2.19. The van der Waals surface area contributed by atoms with Crippen LogP contribution in [0, 0.1) is 0 Å². The lowest BCUT2D eigenvalue weighted by molar-refractivity contribution is -0.126. The molecule has 2 aromatic rings.